The molecule has 0 aromatic carbocycles. The first kappa shape index (κ1) is 13.3. The number of imidazole rings is 1. The van der Waals surface area contributed by atoms with Gasteiger partial charge in [0.15, 0.2) is 0 Å². The van der Waals surface area contributed by atoms with Gasteiger partial charge in [-0.15, -0.1) is 0 Å². The second kappa shape index (κ2) is 8.07. The van der Waals surface area contributed by atoms with Crippen molar-refractivity contribution in [3.63, 3.8) is 0 Å². The lowest BCUT2D eigenvalue weighted by molar-refractivity contribution is -0.137. The molecule has 1 aromatic rings. The number of esters is 1. The van der Waals surface area contributed by atoms with E-state index in [0.717, 1.165) is 23.5 Å². The molecule has 104 valence electrons. The van der Waals surface area contributed by atoms with E-state index in [2.05, 4.69) is 4.98 Å². The third kappa shape index (κ3) is 5.37. The Morgan fingerprint density at radius 2 is 2.26 bits per heavy atom. The highest BCUT2D eigenvalue weighted by Crippen LogP contribution is 2.01. The molecule has 0 aliphatic carbocycles. The maximum absolute atomic E-state index is 11.4. The summed E-state index contributed by atoms with van der Waals surface area (Å²) in [5.41, 5.74) is 0.200. The Morgan fingerprint density at radius 1 is 1.47 bits per heavy atom. The fraction of sp³-hybridized carbons (Fsp3) is 0.462. The molecule has 0 fully saturated rings. The number of nitrogens with zero attached hydrogens (tertiary/aromatic N) is 2. The van der Waals surface area contributed by atoms with Crippen LogP contribution < -0.4 is 0 Å². The van der Waals surface area contributed by atoms with Crippen molar-refractivity contribution in [2.45, 2.75) is 26.7 Å². The smallest absolute Gasteiger partial charge is 0.419 e. The van der Waals surface area contributed by atoms with Gasteiger partial charge in [0.2, 0.25) is 0 Å². The number of hydrogen-bond donors (Lipinski definition) is 0. The summed E-state index contributed by atoms with van der Waals surface area (Å²) in [6, 6.07) is -0.116. The molecule has 1 aromatic heterocycles. The van der Waals surface area contributed by atoms with Gasteiger partial charge in [-0.1, -0.05) is 13.3 Å². The fourth-order valence-corrected chi connectivity index (χ4v) is 1.19. The van der Waals surface area contributed by atoms with E-state index in [-0.39, 0.29) is 18.4 Å². The summed E-state index contributed by atoms with van der Waals surface area (Å²) in [5.74, 6) is -0.589. The minimum Gasteiger partial charge on any atom is -0.463 e. The van der Waals surface area contributed by atoms with Crippen LogP contribution in [0.25, 0.3) is 6.05 Å². The van der Waals surface area contributed by atoms with Crippen LogP contribution in [0.4, 0.5) is 4.79 Å². The fourth-order valence-electron chi connectivity index (χ4n) is 1.19. The average Bonchev–Trinajstić information content (AvgIpc) is 2.89. The number of hydrogen-bond acceptors (Lipinski definition) is 5. The van der Waals surface area contributed by atoms with Crippen molar-refractivity contribution in [3.05, 3.63) is 24.3 Å². The molecule has 0 N–H and O–H groups in total. The van der Waals surface area contributed by atoms with Gasteiger partial charge in [0, 0.05) is 12.3 Å². The molecule has 19 heavy (non-hydrogen) atoms. The van der Waals surface area contributed by atoms with Gasteiger partial charge in [0.25, 0.3) is 0 Å². The summed E-state index contributed by atoms with van der Waals surface area (Å²) >= 11 is 0. The Balaban J connectivity index is 2.65. The van der Waals surface area contributed by atoms with Crippen molar-refractivity contribution >= 4 is 18.1 Å². The van der Waals surface area contributed by atoms with E-state index in [4.69, 9.17) is 10.8 Å². The largest absolute Gasteiger partial charge is 0.463 e. The maximum Gasteiger partial charge on any atom is 0.419 e. The summed E-state index contributed by atoms with van der Waals surface area (Å²) in [4.78, 5) is 26.7. The first-order valence-corrected chi connectivity index (χ1v) is 6.15. The van der Waals surface area contributed by atoms with Crippen molar-refractivity contribution in [2.24, 2.45) is 0 Å². The molecule has 0 aliphatic rings. The zero-order valence-corrected chi connectivity index (χ0v) is 11.1. The predicted molar refractivity (Wildman–Crippen MR) is 69.5 cm³/mol. The van der Waals surface area contributed by atoms with Crippen molar-refractivity contribution in [2.75, 3.05) is 13.2 Å². The standard InChI is InChI=1S/C13H18N2O4/c1-3-5-8-19-12(16)7-6-11-9-15(10-14-11)13(17)18-4-2/h6-7,9-10H,3-5,8H2,1-2H3/b7-6+/i6D,14+1,15+1. The van der Waals surface area contributed by atoms with Crippen LogP contribution in [0.5, 0.6) is 0 Å². The third-order valence-corrected chi connectivity index (χ3v) is 2.14. The van der Waals surface area contributed by atoms with E-state index in [0.29, 0.717) is 6.61 Å². The molecule has 0 unspecified atom stereocenters. The van der Waals surface area contributed by atoms with E-state index in [1.54, 1.807) is 6.92 Å². The van der Waals surface area contributed by atoms with E-state index in [1.165, 1.54) is 12.5 Å². The molecule has 0 spiro atoms. The van der Waals surface area contributed by atoms with Crippen molar-refractivity contribution < 1.29 is 20.4 Å². The molecule has 1 rings (SSSR count). The molecule has 0 saturated heterocycles. The van der Waals surface area contributed by atoms with Crippen LogP contribution in [-0.4, -0.2) is 34.8 Å². The van der Waals surface area contributed by atoms with Gasteiger partial charge < -0.3 is 9.47 Å². The zero-order valence-electron chi connectivity index (χ0n) is 12.1. The van der Waals surface area contributed by atoms with Crippen LogP contribution in [0, 0.1) is 0 Å². The zero-order chi connectivity index (χ0) is 15.0. The summed E-state index contributed by atoms with van der Waals surface area (Å²) < 4.78 is 18.5. The number of unbranched alkanes of at least 4 members (excludes halogenated alkanes) is 1. The Labute approximate surface area is 113 Å². The number of carbonyl (C=O) groups is 2. The topological polar surface area (TPSA) is 70.4 Å². The van der Waals surface area contributed by atoms with Crippen LogP contribution in [0.1, 0.15) is 33.8 Å². The van der Waals surface area contributed by atoms with Crippen LogP contribution in [0.15, 0.2) is 18.6 Å². The molecule has 6 heteroatoms. The highest BCUT2D eigenvalue weighted by Gasteiger charge is 2.05. The minimum absolute atomic E-state index is 0.116. The first-order valence-electron chi connectivity index (χ1n) is 6.65. The van der Waals surface area contributed by atoms with Crippen molar-refractivity contribution in [1.29, 1.82) is 0 Å². The normalized spacial score (nSPS) is 11.9. The van der Waals surface area contributed by atoms with Gasteiger partial charge >= 0.3 is 12.1 Å². The molecule has 6 nitrogen and oxygen atoms in total. The quantitative estimate of drug-likeness (QED) is 0.450. The van der Waals surface area contributed by atoms with Gasteiger partial charge in [-0.3, -0.25) is 0 Å². The van der Waals surface area contributed by atoms with E-state index in [9.17, 15) is 9.59 Å². The van der Waals surface area contributed by atoms with Gasteiger partial charge in [-0.25, -0.2) is 19.1 Å². The SMILES string of the molecule is [2H]/C(=C\C(=O)OCCCC)c1c[15n](C(=O)OCC)c[15n]1. The Bertz CT molecular complexity index is 496. The van der Waals surface area contributed by atoms with Gasteiger partial charge in [-0.05, 0) is 19.4 Å². The van der Waals surface area contributed by atoms with Crippen LogP contribution in [0.3, 0.4) is 0 Å². The second-order valence-electron chi connectivity index (χ2n) is 3.67. The highest BCUT2D eigenvalue weighted by atomic mass is 16.6. The molecular weight excluding hydrogens is 250 g/mol. The lowest BCUT2D eigenvalue weighted by Crippen LogP contribution is -2.11. The molecule has 0 bridgehead atoms. The molecule has 1 heterocycles. The van der Waals surface area contributed by atoms with Gasteiger partial charge in [0.05, 0.1) is 20.3 Å². The molecule has 0 radical (unpaired) electrons. The molecule has 0 atom stereocenters. The van der Waals surface area contributed by atoms with Gasteiger partial charge in [0.1, 0.15) is 6.33 Å². The highest BCUT2D eigenvalue weighted by molar-refractivity contribution is 5.86. The summed E-state index contributed by atoms with van der Waals surface area (Å²) in [6.45, 7) is 4.26. The van der Waals surface area contributed by atoms with E-state index >= 15 is 0 Å². The Kier molecular flexibility index (Phi) is 5.66. The minimum atomic E-state index is -0.589. The predicted octanol–water partition coefficient (Wildman–Crippen LogP) is 2.24. The molecular formula is C13H18N2O4. The maximum atomic E-state index is 11.4. The van der Waals surface area contributed by atoms with E-state index in [1.807, 2.05) is 6.92 Å². The number of carbonyl (C=O) groups excluding carboxylic acids is 2. The lowest BCUT2D eigenvalue weighted by Gasteiger charge is -1.99. The summed E-state index contributed by atoms with van der Waals surface area (Å²) in [7, 11) is 0. The Hall–Kier alpha value is -2.11. The monoisotopic (exact) mass is 269 g/mol. The summed E-state index contributed by atoms with van der Waals surface area (Å²) in [6.07, 6.45) is 4.73. The van der Waals surface area contributed by atoms with Crippen LogP contribution in [-0.2, 0) is 14.3 Å². The molecule has 0 amide bonds. The summed E-state index contributed by atoms with van der Waals surface area (Å²) in [5, 5.41) is 0. The van der Waals surface area contributed by atoms with Crippen molar-refractivity contribution in [3.8, 4) is 0 Å². The third-order valence-electron chi connectivity index (χ3n) is 2.14. The average molecular weight is 269 g/mol. The first-order chi connectivity index (χ1) is 9.58. The number of aromatic nitrogens is 2. The number of ether oxygens (including phenoxy) is 2. The van der Waals surface area contributed by atoms with Gasteiger partial charge in [-0.2, -0.15) is 0 Å². The van der Waals surface area contributed by atoms with Crippen molar-refractivity contribution in [1.82, 2.24) is 9.55 Å². The van der Waals surface area contributed by atoms with E-state index < -0.39 is 12.1 Å². The molecule has 0 aliphatic heterocycles. The van der Waals surface area contributed by atoms with Crippen LogP contribution >= 0.6 is 0 Å². The molecule has 0 saturated carbocycles. The lowest BCUT2D eigenvalue weighted by atomic mass is 10.4. The van der Waals surface area contributed by atoms with Crippen LogP contribution in [0.2, 0.25) is 0 Å². The Morgan fingerprint density at radius 3 is 2.95 bits per heavy atom. The number of rotatable bonds is 6. The second-order valence-corrected chi connectivity index (χ2v) is 3.67.